The second-order valence-electron chi connectivity index (χ2n) is 38.6. The van der Waals surface area contributed by atoms with Gasteiger partial charge in [-0.1, -0.05) is 120 Å². The van der Waals surface area contributed by atoms with E-state index >= 15 is 0 Å². The van der Waals surface area contributed by atoms with Gasteiger partial charge in [0.1, 0.15) is 121 Å². The third-order valence-corrected chi connectivity index (χ3v) is 32.6. The number of benzene rings is 8. The van der Waals surface area contributed by atoms with Crippen molar-refractivity contribution in [3.05, 3.63) is 327 Å². The van der Waals surface area contributed by atoms with Crippen LogP contribution < -0.4 is 0 Å². The molecular weight excluding hydrogens is 2010 g/mol. The minimum atomic E-state index is -2.29. The first-order valence-electron chi connectivity index (χ1n) is 46.5. The van der Waals surface area contributed by atoms with Gasteiger partial charge < -0.3 is 103 Å². The van der Waals surface area contributed by atoms with E-state index < -0.39 is 142 Å². The number of carbonyl (C=O) groups is 1. The van der Waals surface area contributed by atoms with E-state index in [0.717, 1.165) is 95.8 Å². The fourth-order valence-corrected chi connectivity index (χ4v) is 24.6. The van der Waals surface area contributed by atoms with E-state index in [2.05, 4.69) is 112 Å². The highest BCUT2D eigenvalue weighted by molar-refractivity contribution is 9.10. The van der Waals surface area contributed by atoms with Crippen LogP contribution in [0.1, 0.15) is 100 Å². The van der Waals surface area contributed by atoms with Crippen molar-refractivity contribution in [1.29, 1.82) is 0 Å². The average molecular weight is 2130 g/mol. The van der Waals surface area contributed by atoms with Crippen LogP contribution in [0.25, 0.3) is 41.8 Å². The molecule has 16 rings (SSSR count). The van der Waals surface area contributed by atoms with Crippen molar-refractivity contribution in [3.8, 4) is 41.8 Å². The van der Waals surface area contributed by atoms with E-state index in [-0.39, 0.29) is 53.1 Å². The van der Waals surface area contributed by atoms with Crippen LogP contribution in [0.5, 0.6) is 0 Å². The Morgan fingerprint density at radius 3 is 1.12 bits per heavy atom. The number of aliphatic hydroxyl groups is 13. The molecule has 4 fully saturated rings. The quantitative estimate of drug-likeness (QED) is 0.0136. The van der Waals surface area contributed by atoms with E-state index in [1.54, 1.807) is 106 Å². The number of aryl methyl sites for hydroxylation is 4. The van der Waals surface area contributed by atoms with Crippen LogP contribution in [0.15, 0.2) is 223 Å². The summed E-state index contributed by atoms with van der Waals surface area (Å²) in [6.45, 7) is 27.5. The van der Waals surface area contributed by atoms with E-state index in [0.29, 0.717) is 36.8 Å². The molecule has 22 nitrogen and oxygen atoms in total. The van der Waals surface area contributed by atoms with Crippen LogP contribution in [0.2, 0.25) is 58.9 Å². The highest BCUT2D eigenvalue weighted by atomic mass is 79.9. The predicted molar refractivity (Wildman–Crippen MR) is 553 cm³/mol. The van der Waals surface area contributed by atoms with Gasteiger partial charge in [0.25, 0.3) is 0 Å². The fraction of sp³-hybridized carbons (Fsp3) is 0.393. The zero-order chi connectivity index (χ0) is 103. The summed E-state index contributed by atoms with van der Waals surface area (Å²) in [7, 11) is -4.31. The first-order chi connectivity index (χ1) is 66.6. The highest BCUT2D eigenvalue weighted by Crippen LogP contribution is 2.45. The molecule has 19 atom stereocenters. The lowest BCUT2D eigenvalue weighted by Gasteiger charge is -2.47. The zero-order valence-corrected chi connectivity index (χ0v) is 89.1. The molecule has 4 saturated heterocycles. The number of methoxy groups -OCH3 is 1. The van der Waals surface area contributed by atoms with Crippen LogP contribution in [-0.2, 0) is 79.0 Å². The minimum Gasteiger partial charge on any atom is -0.458 e. The monoisotopic (exact) mass is 2130 g/mol. The summed E-state index contributed by atoms with van der Waals surface area (Å²) in [5, 5.41) is 132. The van der Waals surface area contributed by atoms with Gasteiger partial charge in [0.15, 0.2) is 31.1 Å². The van der Waals surface area contributed by atoms with E-state index in [9.17, 15) is 88.7 Å². The smallest absolute Gasteiger partial charge is 0.337 e. The van der Waals surface area contributed by atoms with Crippen LogP contribution in [0.3, 0.4) is 0 Å². The van der Waals surface area contributed by atoms with Crippen molar-refractivity contribution in [1.82, 2.24) is 0 Å². The summed E-state index contributed by atoms with van der Waals surface area (Å²) >= 11 is 10.1. The van der Waals surface area contributed by atoms with Gasteiger partial charge >= 0.3 is 5.97 Å². The lowest BCUT2D eigenvalue weighted by molar-refractivity contribution is -0.366. The van der Waals surface area contributed by atoms with Gasteiger partial charge in [0.2, 0.25) is 11.6 Å². The van der Waals surface area contributed by atoms with Gasteiger partial charge in [-0.3, -0.25) is 0 Å². The van der Waals surface area contributed by atoms with Crippen LogP contribution in [-0.4, -0.2) is 222 Å². The maximum atomic E-state index is 13.2. The fourth-order valence-electron chi connectivity index (χ4n) is 16.9. The third kappa shape index (κ3) is 28.5. The molecule has 0 amide bonds. The molecule has 141 heavy (non-hydrogen) atoms. The molecule has 0 saturated carbocycles. The number of hydrogen-bond acceptors (Lipinski definition) is 26. The zero-order valence-electron chi connectivity index (χ0n) is 81.3. The van der Waals surface area contributed by atoms with Gasteiger partial charge in [-0.15, -0.1) is 45.3 Å². The molecule has 4 aliphatic heterocycles. The molecule has 8 aromatic carbocycles. The Morgan fingerprint density at radius 2 is 0.730 bits per heavy atom. The highest BCUT2D eigenvalue weighted by Gasteiger charge is 2.57. The summed E-state index contributed by atoms with van der Waals surface area (Å²) in [6, 6.07) is 64.6. The first kappa shape index (κ1) is 112. The second kappa shape index (κ2) is 48.6. The standard InChI is InChI=1S/C25H27FO6S.C24H25FO6S.C24H25FO5S.C18H14BrFS.C16H36O5Si3/c1-14-3-6-17(25(31-2)24(30)23(29)22(28)20(13-27)32-25)11-16(14)12-19-9-10-21(33-19)15-4-7-18(26)8-5-15;1-13-2-5-16(24(30)23(29)22(28)21(27)19(12-26)31-24)10-15(13)11-18-8-9-20(32-18)14-3-6-17(25)7-4-14;1-13-2-3-15(24-23(29)22(28)21(27)19(12-26)30-24)10-16(13)11-18-8-9-20(31-18)14-4-6-17(25)7-5-14;1-12-2-5-15(19)10-14(12)11-17-8-9-18(21-17)13-3-6-16(20)7-4-13;1-11-12-13(19-22(2,3)4)14(20-23(5,6)7)15(16(17)18-12)21-24(8,9)10/h3-11,20,22-24,27-30H,12-13H2,1-2H3;2-10,19,21-23,26-30H,11-12H2,1H3;2-10,19,21-24,26-29H,11-12H2,1H3;2-10H,11H2,1H3;12-15H,11H2,1-10H3/t20?,22-,23+,24-,25?;2*19?,21-,22+,23-,24?;;12?,13-,14+,15-/m111.1/s1. The maximum absolute atomic E-state index is 13.2. The van der Waals surface area contributed by atoms with Gasteiger partial charge in [-0.05, 0) is 287 Å². The molecule has 0 radical (unpaired) electrons. The number of carbonyl (C=O) groups excluding carboxylic acids is 1. The second-order valence-corrected chi connectivity index (χ2v) is 57.6. The molecule has 4 aromatic heterocycles. The molecule has 758 valence electrons. The van der Waals surface area contributed by atoms with Gasteiger partial charge in [-0.25, -0.2) is 22.4 Å². The summed E-state index contributed by atoms with van der Waals surface area (Å²) in [5.41, 5.74) is 13.8. The molecule has 7 unspecified atom stereocenters. The summed E-state index contributed by atoms with van der Waals surface area (Å²) in [5.74, 6) is -5.36. The minimum absolute atomic E-state index is 0.194. The van der Waals surface area contributed by atoms with Gasteiger partial charge in [-0.2, -0.15) is 0 Å². The predicted octanol–water partition coefficient (Wildman–Crippen LogP) is 18.0. The molecular formula is C107H127BrF4O22S4Si3. The van der Waals surface area contributed by atoms with Crippen LogP contribution in [0.4, 0.5) is 17.6 Å². The topological polar surface area (TPSA) is 354 Å². The van der Waals surface area contributed by atoms with Crippen molar-refractivity contribution in [2.75, 3.05) is 26.9 Å². The van der Waals surface area contributed by atoms with Crippen molar-refractivity contribution in [2.24, 2.45) is 0 Å². The number of thiophene rings is 4. The van der Waals surface area contributed by atoms with E-state index in [4.69, 9.17) is 37.0 Å². The largest absolute Gasteiger partial charge is 0.458 e. The summed E-state index contributed by atoms with van der Waals surface area (Å²) in [4.78, 5) is 21.5. The SMILES string of the molecule is CCC1OC(=O)[C@H](O[Si](C)(C)C)[C@@H](O[Si](C)(C)C)[C@@H]1O[Si](C)(C)C.COC1(c2ccc(C)c(Cc3ccc(-c4ccc(F)cc4)s3)c2)OC(CO)[C@@H](O)[C@H](O)[C@H]1O.Cc1ccc(Br)cc1Cc1ccc(-c2ccc(F)cc2)s1.Cc1ccc(C2(O)OC(CO)[C@@H](O)[C@H](O)[C@H]2O)cc1Cc1ccc(-c2ccc(F)cc2)s1.Cc1ccc(C2OC(CO)[C@@H](O)[C@H](O)[C@H]2O)cc1Cc1ccc(-c2ccc(F)cc2)s1. The Labute approximate surface area is 848 Å². The van der Waals surface area contributed by atoms with Crippen molar-refractivity contribution in [3.63, 3.8) is 0 Å². The number of hydrogen-bond donors (Lipinski definition) is 13. The molecule has 13 N–H and O–H groups in total. The Morgan fingerprint density at radius 1 is 0.383 bits per heavy atom. The van der Waals surface area contributed by atoms with Crippen LogP contribution >= 0.6 is 61.3 Å². The number of ether oxygens (including phenoxy) is 5. The number of halogens is 5. The molecule has 0 aliphatic carbocycles. The van der Waals surface area contributed by atoms with Crippen molar-refractivity contribution in [2.45, 2.75) is 241 Å². The first-order valence-corrected chi connectivity index (χ1v) is 60.8. The molecule has 12 aromatic rings. The summed E-state index contributed by atoms with van der Waals surface area (Å²) < 4.78 is 101. The van der Waals surface area contributed by atoms with Crippen LogP contribution in [0, 0.1) is 51.0 Å². The molecule has 0 bridgehead atoms. The van der Waals surface area contributed by atoms with Gasteiger partial charge in [0, 0.05) is 87.4 Å². The number of rotatable bonds is 26. The Hall–Kier alpha value is -7.92. The van der Waals surface area contributed by atoms with Crippen molar-refractivity contribution >= 4 is 92.2 Å². The molecule has 0 spiro atoms. The number of esters is 1. The number of cyclic esters (lactones) is 1. The molecule has 4 aliphatic rings. The number of aliphatic hydroxyl groups excluding tert-OH is 12. The van der Waals surface area contributed by atoms with Gasteiger partial charge in [0.05, 0.1) is 19.8 Å². The molecule has 8 heterocycles. The van der Waals surface area contributed by atoms with Crippen molar-refractivity contribution < 1.29 is 126 Å². The lowest BCUT2D eigenvalue weighted by Crippen LogP contribution is -2.64. The summed E-state index contributed by atoms with van der Waals surface area (Å²) in [6.07, 6.45) is -16.0. The van der Waals surface area contributed by atoms with E-state index in [1.165, 1.54) is 76.5 Å². The Bertz CT molecular complexity index is 6090. The molecule has 34 heteroatoms. The van der Waals surface area contributed by atoms with E-state index in [1.807, 2.05) is 107 Å². The normalized spacial score (nSPS) is 25.2. The Balaban J connectivity index is 0.000000159. The third-order valence-electron chi connectivity index (χ3n) is 24.6. The lowest BCUT2D eigenvalue weighted by atomic mass is 9.86. The maximum Gasteiger partial charge on any atom is 0.337 e. The average Bonchev–Trinajstić information content (AvgIpc) is 1.39. The Kier molecular flexibility index (Phi) is 38.6.